The number of aromatic nitrogens is 2. The van der Waals surface area contributed by atoms with Crippen LogP contribution in [0.5, 0.6) is 0 Å². The first-order chi connectivity index (χ1) is 17.2. The molecule has 1 unspecified atom stereocenters. The van der Waals surface area contributed by atoms with E-state index in [4.69, 9.17) is 9.72 Å². The molecule has 0 saturated carbocycles. The van der Waals surface area contributed by atoms with E-state index < -0.39 is 27.7 Å². The lowest BCUT2D eigenvalue weighted by molar-refractivity contribution is -0.155. The molecule has 0 bridgehead atoms. The Kier molecular flexibility index (Phi) is 9.33. The number of hydrogen-bond donors (Lipinski definition) is 1. The highest BCUT2D eigenvalue weighted by molar-refractivity contribution is 7.90. The number of halogens is 1. The molecule has 2 atom stereocenters. The van der Waals surface area contributed by atoms with E-state index in [2.05, 4.69) is 4.72 Å². The molecule has 7 nitrogen and oxygen atoms in total. The van der Waals surface area contributed by atoms with E-state index in [9.17, 15) is 18.5 Å². The highest BCUT2D eigenvalue weighted by Crippen LogP contribution is 2.26. The fraction of sp³-hybridized carbons (Fsp3) is 0.444. The van der Waals surface area contributed by atoms with Crippen molar-refractivity contribution in [3.8, 4) is 10.7 Å². The number of nitrogens with zero attached hydrogens (tertiary/aromatic N) is 2. The van der Waals surface area contributed by atoms with Crippen LogP contribution in [0.25, 0.3) is 10.7 Å². The summed E-state index contributed by atoms with van der Waals surface area (Å²) in [6.07, 6.45) is 0.872. The van der Waals surface area contributed by atoms with Crippen molar-refractivity contribution in [3.05, 3.63) is 75.3 Å². The minimum Gasteiger partial charge on any atom is -0.598 e. The average Bonchev–Trinajstić information content (AvgIpc) is 3.31. The molecule has 2 aromatic heterocycles. The van der Waals surface area contributed by atoms with E-state index in [0.29, 0.717) is 24.4 Å². The summed E-state index contributed by atoms with van der Waals surface area (Å²) in [5.74, 6) is -0.476. The van der Waals surface area contributed by atoms with Crippen LogP contribution >= 0.6 is 11.3 Å². The zero-order valence-electron chi connectivity index (χ0n) is 22.0. The Hall–Kier alpha value is -2.53. The molecule has 0 fully saturated rings. The molecular formula is C27H34FN3O4S2. The number of nitrogens with one attached hydrogen (secondary N) is 1. The molecule has 0 amide bonds. The number of esters is 1. The zero-order valence-corrected chi connectivity index (χ0v) is 23.7. The first-order valence-corrected chi connectivity index (χ1v) is 14.1. The van der Waals surface area contributed by atoms with E-state index in [1.807, 2.05) is 38.3 Å². The fourth-order valence-electron chi connectivity index (χ4n) is 3.52. The van der Waals surface area contributed by atoms with Gasteiger partial charge in [0, 0.05) is 23.1 Å². The lowest BCUT2D eigenvalue weighted by Gasteiger charge is -2.28. The number of thiophene rings is 1. The zero-order chi connectivity index (χ0) is 27.4. The lowest BCUT2D eigenvalue weighted by atomic mass is 10.0. The molecule has 0 spiro atoms. The van der Waals surface area contributed by atoms with Gasteiger partial charge < -0.3 is 9.29 Å². The van der Waals surface area contributed by atoms with Gasteiger partial charge in [0.05, 0.1) is 10.9 Å². The molecule has 10 heteroatoms. The summed E-state index contributed by atoms with van der Waals surface area (Å²) in [6.45, 7) is 10.7. The third kappa shape index (κ3) is 8.49. The summed E-state index contributed by atoms with van der Waals surface area (Å²) in [6, 6.07) is 10.8. The van der Waals surface area contributed by atoms with Crippen molar-refractivity contribution < 1.29 is 18.5 Å². The van der Waals surface area contributed by atoms with Crippen LogP contribution in [0.2, 0.25) is 0 Å². The first kappa shape index (κ1) is 29.0. The van der Waals surface area contributed by atoms with Crippen LogP contribution in [-0.4, -0.2) is 30.4 Å². The van der Waals surface area contributed by atoms with Gasteiger partial charge in [-0.1, -0.05) is 18.2 Å². The summed E-state index contributed by atoms with van der Waals surface area (Å²) in [4.78, 5) is 31.1. The first-order valence-electron chi connectivity index (χ1n) is 12.0. The Labute approximate surface area is 224 Å². The van der Waals surface area contributed by atoms with E-state index in [-0.39, 0.29) is 24.0 Å². The van der Waals surface area contributed by atoms with E-state index in [1.54, 1.807) is 32.9 Å². The van der Waals surface area contributed by atoms with Gasteiger partial charge in [-0.05, 0) is 83.5 Å². The highest BCUT2D eigenvalue weighted by atomic mass is 32.2. The predicted octanol–water partition coefficient (Wildman–Crippen LogP) is 5.18. The van der Waals surface area contributed by atoms with Crippen molar-refractivity contribution >= 4 is 28.7 Å². The topological polar surface area (TPSA) is 96.3 Å². The Balaban J connectivity index is 1.90. The van der Waals surface area contributed by atoms with Crippen molar-refractivity contribution in [1.82, 2.24) is 14.3 Å². The molecule has 200 valence electrons. The van der Waals surface area contributed by atoms with Crippen molar-refractivity contribution in [2.75, 3.05) is 0 Å². The van der Waals surface area contributed by atoms with Crippen molar-refractivity contribution in [2.45, 2.75) is 77.3 Å². The van der Waals surface area contributed by atoms with Crippen molar-refractivity contribution in [3.63, 3.8) is 0 Å². The number of ether oxygens (including phenoxy) is 1. The quantitative estimate of drug-likeness (QED) is 0.293. The van der Waals surface area contributed by atoms with Gasteiger partial charge in [-0.2, -0.15) is 0 Å². The fourth-order valence-corrected chi connectivity index (χ4v) is 5.11. The van der Waals surface area contributed by atoms with Gasteiger partial charge in [-0.25, -0.2) is 9.37 Å². The van der Waals surface area contributed by atoms with Gasteiger partial charge >= 0.3 is 5.97 Å². The average molecular weight is 548 g/mol. The van der Waals surface area contributed by atoms with Crippen LogP contribution < -0.4 is 10.3 Å². The lowest BCUT2D eigenvalue weighted by Crippen LogP contribution is -2.41. The monoisotopic (exact) mass is 547 g/mol. The second-order valence-corrected chi connectivity index (χ2v) is 13.6. The van der Waals surface area contributed by atoms with Crippen LogP contribution in [-0.2, 0) is 33.9 Å². The standard InChI is InChI=1S/C27H34FN3O4S2/c1-26(2,3)35-24(33)17-31-23(32)16-20(29-25(31)22-8-7-15-36-22)13-14-21(30-37(34)27(4,5)6)18-9-11-19(28)12-10-18/h7-12,15-16,21,30H,13-14,17H2,1-6H3/t21-,37?/m0/s1. The molecule has 3 rings (SSSR count). The smallest absolute Gasteiger partial charge is 0.326 e. The number of carbonyl (C=O) groups is 1. The molecule has 0 aliphatic heterocycles. The van der Waals surface area contributed by atoms with E-state index in [1.165, 1.54) is 34.1 Å². The van der Waals surface area contributed by atoms with Crippen LogP contribution in [0.4, 0.5) is 4.39 Å². The predicted molar refractivity (Wildman–Crippen MR) is 146 cm³/mol. The molecule has 2 heterocycles. The molecule has 0 saturated heterocycles. The molecular weight excluding hydrogens is 513 g/mol. The third-order valence-corrected chi connectivity index (χ3v) is 7.75. The third-order valence-electron chi connectivity index (χ3n) is 5.28. The van der Waals surface area contributed by atoms with Crippen LogP contribution in [0.15, 0.2) is 52.6 Å². The number of aryl methyl sites for hydroxylation is 1. The molecule has 3 aromatic rings. The molecule has 37 heavy (non-hydrogen) atoms. The summed E-state index contributed by atoms with van der Waals surface area (Å²) in [5, 5.41) is 1.88. The number of hydrogen-bond acceptors (Lipinski definition) is 7. The number of carbonyl (C=O) groups excluding carboxylic acids is 1. The normalized spacial score (nSPS) is 13.8. The molecule has 0 aliphatic rings. The second-order valence-electron chi connectivity index (χ2n) is 10.7. The van der Waals surface area contributed by atoms with Gasteiger partial charge in [-0.3, -0.25) is 14.2 Å². The Morgan fingerprint density at radius 2 is 1.86 bits per heavy atom. The van der Waals surface area contributed by atoms with Crippen LogP contribution in [0.1, 0.15) is 65.3 Å². The maximum atomic E-state index is 13.5. The minimum atomic E-state index is -1.36. The Morgan fingerprint density at radius 1 is 1.19 bits per heavy atom. The van der Waals surface area contributed by atoms with Gasteiger partial charge in [0.2, 0.25) is 0 Å². The summed E-state index contributed by atoms with van der Waals surface area (Å²) in [5.41, 5.74) is 0.302. The number of rotatable bonds is 9. The highest BCUT2D eigenvalue weighted by Gasteiger charge is 2.30. The van der Waals surface area contributed by atoms with Crippen LogP contribution in [0.3, 0.4) is 0 Å². The Morgan fingerprint density at radius 3 is 2.43 bits per heavy atom. The van der Waals surface area contributed by atoms with Gasteiger partial charge in [0.1, 0.15) is 22.7 Å². The summed E-state index contributed by atoms with van der Waals surface area (Å²) >= 11 is 0.0563. The van der Waals surface area contributed by atoms with Crippen molar-refractivity contribution in [2.24, 2.45) is 0 Å². The summed E-state index contributed by atoms with van der Waals surface area (Å²) in [7, 11) is 0. The van der Waals surface area contributed by atoms with Gasteiger partial charge in [0.15, 0.2) is 5.82 Å². The summed E-state index contributed by atoms with van der Waals surface area (Å²) < 4.78 is 35.8. The molecule has 0 aliphatic carbocycles. The SMILES string of the molecule is CC(C)(C)OC(=O)Cn1c(-c2cccs2)nc(CC[C@H](N[S+]([O-])C(C)(C)C)c2ccc(F)cc2)cc1=O. The Bertz CT molecular complexity index is 1250. The van der Waals surface area contributed by atoms with Crippen molar-refractivity contribution in [1.29, 1.82) is 0 Å². The minimum absolute atomic E-state index is 0.249. The van der Waals surface area contributed by atoms with E-state index in [0.717, 1.165) is 10.4 Å². The molecule has 1 N–H and O–H groups in total. The van der Waals surface area contributed by atoms with Gasteiger partial charge in [0.25, 0.3) is 5.56 Å². The molecule has 0 radical (unpaired) electrons. The largest absolute Gasteiger partial charge is 0.598 e. The second kappa shape index (κ2) is 11.9. The maximum absolute atomic E-state index is 13.5. The van der Waals surface area contributed by atoms with Crippen LogP contribution in [0, 0.1) is 5.82 Å². The number of benzene rings is 1. The maximum Gasteiger partial charge on any atom is 0.326 e. The van der Waals surface area contributed by atoms with Gasteiger partial charge in [-0.15, -0.1) is 16.1 Å². The molecule has 1 aromatic carbocycles. The van der Waals surface area contributed by atoms with E-state index >= 15 is 0 Å².